The van der Waals surface area contributed by atoms with Crippen molar-refractivity contribution in [3.05, 3.63) is 137 Å². The lowest BCUT2D eigenvalue weighted by atomic mass is 10.0. The van der Waals surface area contributed by atoms with Crippen molar-refractivity contribution in [3.63, 3.8) is 0 Å². The van der Waals surface area contributed by atoms with Gasteiger partial charge in [0.05, 0.1) is 10.6 Å². The van der Waals surface area contributed by atoms with Crippen LogP contribution in [0.15, 0.2) is 109 Å². The quantitative estimate of drug-likeness (QED) is 0.160. The number of nitrogens with zero attached hydrogens (tertiary/aromatic N) is 3. The third-order valence-corrected chi connectivity index (χ3v) is 12.2. The van der Waals surface area contributed by atoms with Gasteiger partial charge in [-0.1, -0.05) is 72.8 Å². The third kappa shape index (κ3) is 5.82. The minimum absolute atomic E-state index is 0.0666. The summed E-state index contributed by atoms with van der Waals surface area (Å²) >= 11 is 0. The molecule has 0 fully saturated rings. The predicted octanol–water partition coefficient (Wildman–Crippen LogP) is 7.56. The molecular weight excluding hydrogens is 660 g/mol. The fourth-order valence-electron chi connectivity index (χ4n) is 6.20. The molecule has 0 spiro atoms. The number of benzene rings is 4. The van der Waals surface area contributed by atoms with Crippen molar-refractivity contribution in [2.45, 2.75) is 50.3 Å². The Labute approximate surface area is 278 Å². The zero-order valence-corrected chi connectivity index (χ0v) is 28.2. The molecule has 0 aliphatic carbocycles. The topological polar surface area (TPSA) is 79.7 Å². The molecule has 0 saturated carbocycles. The van der Waals surface area contributed by atoms with Crippen LogP contribution < -0.4 is 4.31 Å². The van der Waals surface area contributed by atoms with E-state index in [0.717, 1.165) is 31.9 Å². The van der Waals surface area contributed by atoms with Gasteiger partial charge in [0.2, 0.25) is 10.0 Å². The number of hydrogen-bond acceptors (Lipinski definition) is 4. The summed E-state index contributed by atoms with van der Waals surface area (Å²) in [7, 11) is -10.7. The van der Waals surface area contributed by atoms with Crippen molar-refractivity contribution in [2.24, 2.45) is 0 Å². The number of fused-ring (bicyclic) bond motifs is 2. The van der Waals surface area contributed by atoms with Gasteiger partial charge in [-0.25, -0.2) is 12.7 Å². The molecule has 0 unspecified atom stereocenters. The van der Waals surface area contributed by atoms with Gasteiger partial charge in [0.25, 0.3) is 0 Å². The van der Waals surface area contributed by atoms with Crippen LogP contribution in [0, 0.1) is 20.8 Å². The highest BCUT2D eigenvalue weighted by atomic mass is 32.2. The van der Waals surface area contributed by atoms with Crippen LogP contribution in [0.4, 0.5) is 18.9 Å². The molecule has 1 aromatic heterocycles. The zero-order valence-electron chi connectivity index (χ0n) is 26.6. The summed E-state index contributed by atoms with van der Waals surface area (Å²) in [6.07, 6.45) is 0.0754. The van der Waals surface area contributed by atoms with Gasteiger partial charge in [-0.3, -0.25) is 0 Å². The highest BCUT2D eigenvalue weighted by Gasteiger charge is 2.57. The summed E-state index contributed by atoms with van der Waals surface area (Å²) in [6, 6.07) is 26.2. The molecule has 12 heteroatoms. The van der Waals surface area contributed by atoms with Crippen molar-refractivity contribution in [1.29, 1.82) is 0 Å². The van der Waals surface area contributed by atoms with Gasteiger partial charge in [0.1, 0.15) is 6.17 Å². The van der Waals surface area contributed by atoms with Crippen LogP contribution in [0.1, 0.15) is 33.4 Å². The summed E-state index contributed by atoms with van der Waals surface area (Å²) in [4.78, 5) is -0.180. The lowest BCUT2D eigenvalue weighted by molar-refractivity contribution is -0.0441. The fraction of sp³-hybridized carbons (Fsp3) is 0.222. The van der Waals surface area contributed by atoms with E-state index in [4.69, 9.17) is 0 Å². The average Bonchev–Trinajstić information content (AvgIpc) is 3.52. The summed E-state index contributed by atoms with van der Waals surface area (Å²) in [5, 5.41) is 0.848. The van der Waals surface area contributed by atoms with Crippen molar-refractivity contribution in [3.8, 4) is 0 Å². The highest BCUT2D eigenvalue weighted by molar-refractivity contribution is 7.93. The molecule has 4 aromatic carbocycles. The standard InChI is InChI=1S/C36H34F3N3O4S2/c1-24-14-16-30(17-15-24)47(43,44)41(19-18-29-23-40(22-28-10-6-5-7-11-28)33-13-9-8-12-31(29)33)35-27(4)32-20-25(2)26(3)21-34(32)42(35)48(45,46)36(37,38)39/h5-17,20-21,23,35H,4,18-19,22H2,1-3H3/t35-/m1/s1. The molecule has 6 rings (SSSR count). The average molecular weight is 694 g/mol. The first kappa shape index (κ1) is 33.5. The van der Waals surface area contributed by atoms with Crippen molar-refractivity contribution in [1.82, 2.24) is 8.87 Å². The molecule has 48 heavy (non-hydrogen) atoms. The van der Waals surface area contributed by atoms with Crippen LogP contribution in [-0.2, 0) is 33.0 Å². The Kier molecular flexibility index (Phi) is 8.55. The number of anilines is 1. The molecule has 7 nitrogen and oxygen atoms in total. The molecule has 1 atom stereocenters. The monoisotopic (exact) mass is 693 g/mol. The van der Waals surface area contributed by atoms with Gasteiger partial charge < -0.3 is 4.57 Å². The van der Waals surface area contributed by atoms with Crippen molar-refractivity contribution >= 4 is 42.2 Å². The highest BCUT2D eigenvalue weighted by Crippen LogP contribution is 2.48. The number of sulfonamides is 2. The number of halogens is 3. The van der Waals surface area contributed by atoms with Gasteiger partial charge in [-0.15, -0.1) is 0 Å². The number of aryl methyl sites for hydroxylation is 3. The molecule has 0 amide bonds. The van der Waals surface area contributed by atoms with Crippen LogP contribution in [0.2, 0.25) is 0 Å². The molecule has 0 bridgehead atoms. The lowest BCUT2D eigenvalue weighted by Crippen LogP contribution is -2.54. The van der Waals surface area contributed by atoms with Crippen LogP contribution in [-0.4, -0.2) is 43.9 Å². The molecule has 2 heterocycles. The van der Waals surface area contributed by atoms with Crippen molar-refractivity contribution < 1.29 is 30.0 Å². The van der Waals surface area contributed by atoms with Gasteiger partial charge in [-0.05, 0) is 85.4 Å². The van der Waals surface area contributed by atoms with E-state index in [0.29, 0.717) is 17.7 Å². The minimum atomic E-state index is -6.08. The van der Waals surface area contributed by atoms with E-state index in [1.807, 2.05) is 65.4 Å². The maximum Gasteiger partial charge on any atom is 0.516 e. The van der Waals surface area contributed by atoms with E-state index in [9.17, 15) is 30.0 Å². The predicted molar refractivity (Wildman–Crippen MR) is 182 cm³/mol. The Bertz CT molecular complexity index is 2250. The smallest absolute Gasteiger partial charge is 0.343 e. The molecular formula is C36H34F3N3O4S2. The van der Waals surface area contributed by atoms with Crippen LogP contribution in [0.3, 0.4) is 0 Å². The second-order valence-electron chi connectivity index (χ2n) is 12.1. The van der Waals surface area contributed by atoms with Gasteiger partial charge in [0.15, 0.2) is 0 Å². The number of aromatic nitrogens is 1. The summed E-state index contributed by atoms with van der Waals surface area (Å²) in [6.45, 7) is 9.37. The van der Waals surface area contributed by atoms with E-state index < -0.39 is 31.7 Å². The molecule has 0 N–H and O–H groups in total. The second kappa shape index (κ2) is 12.2. The number of para-hydroxylation sites is 1. The first-order valence-corrected chi connectivity index (χ1v) is 18.1. The molecule has 0 saturated heterocycles. The van der Waals surface area contributed by atoms with Crippen molar-refractivity contribution in [2.75, 3.05) is 10.8 Å². The Balaban J connectivity index is 1.50. The normalized spacial score (nSPS) is 15.4. The van der Waals surface area contributed by atoms with E-state index >= 15 is 0 Å². The first-order valence-electron chi connectivity index (χ1n) is 15.2. The maximum atomic E-state index is 14.5. The first-order chi connectivity index (χ1) is 22.6. The zero-order chi connectivity index (χ0) is 34.6. The number of rotatable bonds is 9. The molecule has 5 aromatic rings. The summed E-state index contributed by atoms with van der Waals surface area (Å²) in [5.74, 6) is 0. The van der Waals surface area contributed by atoms with E-state index in [-0.39, 0.29) is 39.0 Å². The molecule has 1 aliphatic rings. The largest absolute Gasteiger partial charge is 0.516 e. The van der Waals surface area contributed by atoms with E-state index in [2.05, 4.69) is 6.58 Å². The minimum Gasteiger partial charge on any atom is -0.343 e. The van der Waals surface area contributed by atoms with Crippen LogP contribution >= 0.6 is 0 Å². The fourth-order valence-corrected chi connectivity index (χ4v) is 8.96. The Morgan fingerprint density at radius 2 is 1.46 bits per heavy atom. The lowest BCUT2D eigenvalue weighted by Gasteiger charge is -2.35. The summed E-state index contributed by atoms with van der Waals surface area (Å²) < 4.78 is 102. The Morgan fingerprint density at radius 3 is 2.12 bits per heavy atom. The number of alkyl halides is 3. The molecule has 250 valence electrons. The van der Waals surface area contributed by atoms with Crippen LogP contribution in [0.25, 0.3) is 16.5 Å². The van der Waals surface area contributed by atoms with Crippen LogP contribution in [0.5, 0.6) is 0 Å². The van der Waals surface area contributed by atoms with E-state index in [1.165, 1.54) is 18.2 Å². The number of hydrogen-bond donors (Lipinski definition) is 0. The molecule has 0 radical (unpaired) electrons. The second-order valence-corrected chi connectivity index (χ2v) is 15.8. The molecule has 1 aliphatic heterocycles. The van der Waals surface area contributed by atoms with Gasteiger partial charge in [-0.2, -0.15) is 25.9 Å². The van der Waals surface area contributed by atoms with Gasteiger partial charge in [0, 0.05) is 35.8 Å². The third-order valence-electron chi connectivity index (χ3n) is 8.85. The maximum absolute atomic E-state index is 14.5. The van der Waals surface area contributed by atoms with E-state index in [1.54, 1.807) is 39.0 Å². The SMILES string of the molecule is C=C1c2cc(C)c(C)cc2N(S(=O)(=O)C(F)(F)F)[C@H]1N(CCc1cn(Cc2ccccc2)c2ccccc12)S(=O)(=O)c1ccc(C)cc1. The van der Waals surface area contributed by atoms with Gasteiger partial charge >= 0.3 is 15.5 Å². The Morgan fingerprint density at radius 1 is 0.833 bits per heavy atom. The summed E-state index contributed by atoms with van der Waals surface area (Å²) in [5.41, 5.74) is -1.20. The Hall–Kier alpha value is -4.39.